The van der Waals surface area contributed by atoms with Crippen molar-refractivity contribution in [2.45, 2.75) is 25.7 Å². The molecule has 2 aliphatic rings. The molecule has 1 saturated heterocycles. The van der Waals surface area contributed by atoms with Crippen molar-refractivity contribution in [2.75, 3.05) is 32.4 Å². The summed E-state index contributed by atoms with van der Waals surface area (Å²) in [5.41, 5.74) is 0.775. The number of nitrogens with zero attached hydrogens (tertiary/aromatic N) is 2. The standard InChI is InChI=1S/C19H24BrN3O5S/c1-29(27,28)22-9-6-13(7-10-22)12-21-17(24)3-2-8-23-18(25)15-5-4-14(20)11-16(15)19(23)26/h4-5,11,13H,2-3,6-10,12H2,1H3,(H,21,24). The van der Waals surface area contributed by atoms with Gasteiger partial charge in [0.05, 0.1) is 17.4 Å². The molecule has 0 unspecified atom stereocenters. The van der Waals surface area contributed by atoms with Gasteiger partial charge in [-0.15, -0.1) is 0 Å². The largest absolute Gasteiger partial charge is 0.356 e. The van der Waals surface area contributed by atoms with Crippen LogP contribution in [0.5, 0.6) is 0 Å². The fraction of sp³-hybridized carbons (Fsp3) is 0.526. The second kappa shape index (κ2) is 8.93. The lowest BCUT2D eigenvalue weighted by atomic mass is 9.98. The van der Waals surface area contributed by atoms with E-state index in [0.29, 0.717) is 37.2 Å². The third-order valence-electron chi connectivity index (χ3n) is 5.35. The van der Waals surface area contributed by atoms with E-state index in [0.717, 1.165) is 17.3 Å². The molecule has 29 heavy (non-hydrogen) atoms. The Labute approximate surface area is 178 Å². The van der Waals surface area contributed by atoms with Crippen LogP contribution in [0.1, 0.15) is 46.4 Å². The minimum absolute atomic E-state index is 0.130. The number of amides is 3. The molecule has 0 aliphatic carbocycles. The Kier molecular flexibility index (Phi) is 6.75. The van der Waals surface area contributed by atoms with Crippen LogP contribution < -0.4 is 5.32 Å². The van der Waals surface area contributed by atoms with Gasteiger partial charge in [0, 0.05) is 37.1 Å². The van der Waals surface area contributed by atoms with Gasteiger partial charge >= 0.3 is 0 Å². The second-order valence-electron chi connectivity index (χ2n) is 7.46. The Morgan fingerprint density at radius 1 is 1.17 bits per heavy atom. The van der Waals surface area contributed by atoms with Crippen LogP contribution in [0.15, 0.2) is 22.7 Å². The van der Waals surface area contributed by atoms with Crippen molar-refractivity contribution in [3.8, 4) is 0 Å². The highest BCUT2D eigenvalue weighted by atomic mass is 79.9. The lowest BCUT2D eigenvalue weighted by molar-refractivity contribution is -0.121. The molecule has 3 amide bonds. The summed E-state index contributed by atoms with van der Waals surface area (Å²) in [5, 5.41) is 2.88. The van der Waals surface area contributed by atoms with Crippen molar-refractivity contribution >= 4 is 43.7 Å². The van der Waals surface area contributed by atoms with Crippen molar-refractivity contribution in [3.63, 3.8) is 0 Å². The van der Waals surface area contributed by atoms with Crippen molar-refractivity contribution in [1.82, 2.24) is 14.5 Å². The normalized spacial score (nSPS) is 18.2. The van der Waals surface area contributed by atoms with Gasteiger partial charge in [-0.1, -0.05) is 15.9 Å². The highest BCUT2D eigenvalue weighted by molar-refractivity contribution is 9.10. The van der Waals surface area contributed by atoms with E-state index in [1.807, 2.05) is 0 Å². The van der Waals surface area contributed by atoms with Crippen LogP contribution in [0.25, 0.3) is 0 Å². The smallest absolute Gasteiger partial charge is 0.261 e. The van der Waals surface area contributed by atoms with Gasteiger partial charge in [-0.2, -0.15) is 0 Å². The predicted octanol–water partition coefficient (Wildman–Crippen LogP) is 1.61. The quantitative estimate of drug-likeness (QED) is 0.590. The number of carbonyl (C=O) groups excluding carboxylic acids is 3. The second-order valence-corrected chi connectivity index (χ2v) is 10.4. The molecular formula is C19H24BrN3O5S. The summed E-state index contributed by atoms with van der Waals surface area (Å²) in [6.45, 7) is 1.67. The highest BCUT2D eigenvalue weighted by Gasteiger charge is 2.35. The van der Waals surface area contributed by atoms with Crippen LogP contribution in [0.4, 0.5) is 0 Å². The van der Waals surface area contributed by atoms with E-state index in [-0.39, 0.29) is 36.6 Å². The predicted molar refractivity (Wildman–Crippen MR) is 111 cm³/mol. The topological polar surface area (TPSA) is 104 Å². The van der Waals surface area contributed by atoms with E-state index in [4.69, 9.17) is 0 Å². The van der Waals surface area contributed by atoms with E-state index < -0.39 is 10.0 Å². The number of carbonyl (C=O) groups is 3. The number of hydrogen-bond donors (Lipinski definition) is 1. The summed E-state index contributed by atoms with van der Waals surface area (Å²) in [6, 6.07) is 4.99. The van der Waals surface area contributed by atoms with Crippen LogP contribution in [-0.4, -0.2) is 67.8 Å². The molecule has 1 aromatic carbocycles. The van der Waals surface area contributed by atoms with Crippen molar-refractivity contribution in [2.24, 2.45) is 5.92 Å². The van der Waals surface area contributed by atoms with Crippen molar-refractivity contribution < 1.29 is 22.8 Å². The van der Waals surface area contributed by atoms with Gasteiger partial charge in [0.15, 0.2) is 0 Å². The molecule has 1 fully saturated rings. The average Bonchev–Trinajstić information content (AvgIpc) is 2.90. The molecule has 8 nitrogen and oxygen atoms in total. The zero-order chi connectivity index (χ0) is 21.2. The Morgan fingerprint density at radius 3 is 2.48 bits per heavy atom. The van der Waals surface area contributed by atoms with Crippen molar-refractivity contribution in [1.29, 1.82) is 0 Å². The number of sulfonamides is 1. The van der Waals surface area contributed by atoms with Gasteiger partial charge < -0.3 is 5.32 Å². The Balaban J connectivity index is 1.39. The summed E-state index contributed by atoms with van der Waals surface area (Å²) >= 11 is 3.30. The lowest BCUT2D eigenvalue weighted by Crippen LogP contribution is -2.41. The summed E-state index contributed by atoms with van der Waals surface area (Å²) in [7, 11) is -3.15. The van der Waals surface area contributed by atoms with Gasteiger partial charge in [-0.05, 0) is 43.4 Å². The molecule has 0 radical (unpaired) electrons. The molecule has 2 heterocycles. The highest BCUT2D eigenvalue weighted by Crippen LogP contribution is 2.26. The molecule has 3 rings (SSSR count). The first-order valence-electron chi connectivity index (χ1n) is 9.54. The minimum Gasteiger partial charge on any atom is -0.356 e. The molecule has 0 bridgehead atoms. The van der Waals surface area contributed by atoms with Crippen LogP contribution in [0, 0.1) is 5.92 Å². The first-order valence-corrected chi connectivity index (χ1v) is 12.2. The first-order chi connectivity index (χ1) is 13.7. The third kappa shape index (κ3) is 5.23. The lowest BCUT2D eigenvalue weighted by Gasteiger charge is -2.30. The fourth-order valence-corrected chi connectivity index (χ4v) is 4.89. The fourth-order valence-electron chi connectivity index (χ4n) is 3.66. The van der Waals surface area contributed by atoms with Crippen LogP contribution in [0.2, 0.25) is 0 Å². The number of imide groups is 1. The number of hydrogen-bond acceptors (Lipinski definition) is 5. The summed E-state index contributed by atoms with van der Waals surface area (Å²) in [4.78, 5) is 38.1. The zero-order valence-electron chi connectivity index (χ0n) is 16.2. The maximum absolute atomic E-state index is 12.4. The Bertz CT molecular complexity index is 926. The number of benzene rings is 1. The third-order valence-corrected chi connectivity index (χ3v) is 7.15. The molecule has 158 valence electrons. The van der Waals surface area contributed by atoms with E-state index in [9.17, 15) is 22.8 Å². The van der Waals surface area contributed by atoms with Crippen molar-refractivity contribution in [3.05, 3.63) is 33.8 Å². The Morgan fingerprint density at radius 2 is 1.83 bits per heavy atom. The van der Waals surface area contributed by atoms with Gasteiger partial charge in [0.25, 0.3) is 11.8 Å². The van der Waals surface area contributed by atoms with E-state index in [1.54, 1.807) is 18.2 Å². The van der Waals surface area contributed by atoms with E-state index >= 15 is 0 Å². The van der Waals surface area contributed by atoms with Gasteiger partial charge in [-0.3, -0.25) is 19.3 Å². The summed E-state index contributed by atoms with van der Waals surface area (Å²) in [6.07, 6.45) is 3.27. The number of piperidine rings is 1. The number of rotatable bonds is 7. The monoisotopic (exact) mass is 485 g/mol. The summed E-state index contributed by atoms with van der Waals surface area (Å²) < 4.78 is 25.2. The van der Waals surface area contributed by atoms with Crippen LogP contribution in [0.3, 0.4) is 0 Å². The molecule has 0 spiro atoms. The maximum Gasteiger partial charge on any atom is 0.261 e. The molecular weight excluding hydrogens is 462 g/mol. The molecule has 0 atom stereocenters. The Hall–Kier alpha value is -1.78. The maximum atomic E-state index is 12.4. The van der Waals surface area contributed by atoms with Gasteiger partial charge in [0.1, 0.15) is 0 Å². The van der Waals surface area contributed by atoms with Gasteiger partial charge in [0.2, 0.25) is 15.9 Å². The zero-order valence-corrected chi connectivity index (χ0v) is 18.6. The molecule has 1 aromatic rings. The molecule has 10 heteroatoms. The minimum atomic E-state index is -3.15. The summed E-state index contributed by atoms with van der Waals surface area (Å²) in [5.74, 6) is -0.526. The number of fused-ring (bicyclic) bond motifs is 1. The van der Waals surface area contributed by atoms with Crippen LogP contribution in [-0.2, 0) is 14.8 Å². The average molecular weight is 486 g/mol. The van der Waals surface area contributed by atoms with E-state index in [1.165, 1.54) is 15.5 Å². The van der Waals surface area contributed by atoms with E-state index in [2.05, 4.69) is 21.2 Å². The molecule has 0 saturated carbocycles. The molecule has 2 aliphatic heterocycles. The first kappa shape index (κ1) is 21.9. The molecule has 1 N–H and O–H groups in total. The SMILES string of the molecule is CS(=O)(=O)N1CCC(CNC(=O)CCCN2C(=O)c3ccc(Br)cc3C2=O)CC1. The number of halogens is 1. The van der Waals surface area contributed by atoms with Gasteiger partial charge in [-0.25, -0.2) is 12.7 Å². The van der Waals surface area contributed by atoms with Crippen LogP contribution >= 0.6 is 15.9 Å². The number of nitrogens with one attached hydrogen (secondary N) is 1. The molecule has 0 aromatic heterocycles.